The van der Waals surface area contributed by atoms with Crippen molar-refractivity contribution in [1.82, 2.24) is 9.97 Å². The Morgan fingerprint density at radius 2 is 1.89 bits per heavy atom. The molecule has 0 saturated carbocycles. The smallest absolute Gasteiger partial charge is 0.139 e. The molecule has 0 spiro atoms. The van der Waals surface area contributed by atoms with Gasteiger partial charge in [-0.1, -0.05) is 13.8 Å². The minimum Gasteiger partial charge on any atom is -0.341 e. The van der Waals surface area contributed by atoms with Crippen LogP contribution in [-0.2, 0) is 5.41 Å². The molecule has 0 aliphatic carbocycles. The first-order valence-electron chi connectivity index (χ1n) is 5.77. The minimum absolute atomic E-state index is 0.303. The molecule has 1 aromatic carbocycles. The van der Waals surface area contributed by atoms with E-state index in [-0.39, 0.29) is 11.2 Å². The van der Waals surface area contributed by atoms with Gasteiger partial charge in [0.1, 0.15) is 11.6 Å². The van der Waals surface area contributed by atoms with Crippen LogP contribution in [0.1, 0.15) is 33.5 Å². The number of nitrogens with zero attached hydrogens (tertiary/aromatic N) is 1. The molecular formula is C13H17BrFN3. The molecule has 0 aliphatic heterocycles. The molecule has 0 fully saturated rings. The first kappa shape index (κ1) is 13.5. The molecule has 98 valence electrons. The molecule has 0 unspecified atom stereocenters. The first-order valence-corrected chi connectivity index (χ1v) is 6.56. The van der Waals surface area contributed by atoms with E-state index in [0.29, 0.717) is 9.99 Å². The second kappa shape index (κ2) is 4.03. The Morgan fingerprint density at radius 1 is 1.28 bits per heavy atom. The van der Waals surface area contributed by atoms with Crippen LogP contribution in [0.15, 0.2) is 16.6 Å². The van der Waals surface area contributed by atoms with Crippen molar-refractivity contribution in [2.75, 3.05) is 0 Å². The Labute approximate surface area is 114 Å². The van der Waals surface area contributed by atoms with Crippen molar-refractivity contribution in [3.8, 4) is 0 Å². The Balaban J connectivity index is 2.61. The predicted octanol–water partition coefficient (Wildman–Crippen LogP) is 3.48. The Morgan fingerprint density at radius 3 is 2.44 bits per heavy atom. The Bertz CT molecular complexity index is 557. The number of benzene rings is 1. The highest BCUT2D eigenvalue weighted by molar-refractivity contribution is 9.10. The number of H-pyrrole nitrogens is 1. The number of hydrogen-bond donors (Lipinski definition) is 2. The second-order valence-corrected chi connectivity index (χ2v) is 6.57. The molecular weight excluding hydrogens is 297 g/mol. The Hall–Kier alpha value is -0.940. The maximum atomic E-state index is 13.5. The summed E-state index contributed by atoms with van der Waals surface area (Å²) in [6.45, 7) is 7.96. The van der Waals surface area contributed by atoms with E-state index in [1.54, 1.807) is 6.07 Å². The van der Waals surface area contributed by atoms with Gasteiger partial charge < -0.3 is 10.7 Å². The standard InChI is InChI=1S/C13H17BrFN3/c1-12(2,13(3,4)16)11-17-9-5-7(14)8(15)6-10(9)18-11/h5-6H,16H2,1-4H3,(H,17,18). The van der Waals surface area contributed by atoms with E-state index in [1.165, 1.54) is 6.07 Å². The zero-order valence-electron chi connectivity index (χ0n) is 10.9. The van der Waals surface area contributed by atoms with Gasteiger partial charge in [0.15, 0.2) is 0 Å². The van der Waals surface area contributed by atoms with E-state index in [0.717, 1.165) is 11.3 Å². The fourth-order valence-electron chi connectivity index (χ4n) is 1.61. The lowest BCUT2D eigenvalue weighted by atomic mass is 9.74. The lowest BCUT2D eigenvalue weighted by Crippen LogP contribution is -2.50. The van der Waals surface area contributed by atoms with Crippen LogP contribution in [0.25, 0.3) is 11.0 Å². The SMILES string of the molecule is CC(C)(N)C(C)(C)c1nc2cc(Br)c(F)cc2[nH]1. The highest BCUT2D eigenvalue weighted by Gasteiger charge is 2.37. The number of hydrogen-bond acceptors (Lipinski definition) is 2. The number of aromatic nitrogens is 2. The molecule has 3 nitrogen and oxygen atoms in total. The summed E-state index contributed by atoms with van der Waals surface area (Å²) >= 11 is 3.16. The van der Waals surface area contributed by atoms with Gasteiger partial charge in [0.2, 0.25) is 0 Å². The number of halogens is 2. The number of nitrogens with one attached hydrogen (secondary N) is 1. The molecule has 0 amide bonds. The van der Waals surface area contributed by atoms with Crippen LogP contribution in [0, 0.1) is 5.82 Å². The fraction of sp³-hybridized carbons (Fsp3) is 0.462. The summed E-state index contributed by atoms with van der Waals surface area (Å²) in [5.74, 6) is 0.463. The van der Waals surface area contributed by atoms with Crippen molar-refractivity contribution < 1.29 is 4.39 Å². The van der Waals surface area contributed by atoms with Crippen LogP contribution in [0.4, 0.5) is 4.39 Å². The van der Waals surface area contributed by atoms with Gasteiger partial charge in [-0.2, -0.15) is 0 Å². The van der Waals surface area contributed by atoms with Crippen LogP contribution in [-0.4, -0.2) is 15.5 Å². The third kappa shape index (κ3) is 2.06. The number of rotatable bonds is 2. The lowest BCUT2D eigenvalue weighted by Gasteiger charge is -2.36. The topological polar surface area (TPSA) is 54.7 Å². The van der Waals surface area contributed by atoms with Crippen molar-refractivity contribution in [2.45, 2.75) is 38.6 Å². The number of fused-ring (bicyclic) bond motifs is 1. The molecule has 0 saturated heterocycles. The van der Waals surface area contributed by atoms with E-state index in [9.17, 15) is 4.39 Å². The molecule has 3 N–H and O–H groups in total. The van der Waals surface area contributed by atoms with Gasteiger partial charge in [-0.05, 0) is 35.8 Å². The van der Waals surface area contributed by atoms with E-state index in [4.69, 9.17) is 5.73 Å². The molecule has 0 aliphatic rings. The van der Waals surface area contributed by atoms with Crippen LogP contribution in [0.3, 0.4) is 0 Å². The fourth-order valence-corrected chi connectivity index (χ4v) is 1.94. The molecule has 5 heteroatoms. The highest BCUT2D eigenvalue weighted by atomic mass is 79.9. The largest absolute Gasteiger partial charge is 0.341 e. The van der Waals surface area contributed by atoms with E-state index in [2.05, 4.69) is 25.9 Å². The summed E-state index contributed by atoms with van der Waals surface area (Å²) in [6.07, 6.45) is 0. The second-order valence-electron chi connectivity index (χ2n) is 5.72. The van der Waals surface area contributed by atoms with Crippen molar-refractivity contribution >= 4 is 27.0 Å². The summed E-state index contributed by atoms with van der Waals surface area (Å²) < 4.78 is 13.9. The molecule has 0 radical (unpaired) electrons. The van der Waals surface area contributed by atoms with Crippen molar-refractivity contribution in [3.05, 3.63) is 28.2 Å². The molecule has 1 heterocycles. The zero-order chi connectivity index (χ0) is 13.7. The van der Waals surface area contributed by atoms with Crippen molar-refractivity contribution in [1.29, 1.82) is 0 Å². The van der Waals surface area contributed by atoms with Crippen LogP contribution >= 0.6 is 15.9 Å². The predicted molar refractivity (Wildman–Crippen MR) is 75.0 cm³/mol. The molecule has 0 bridgehead atoms. The average molecular weight is 314 g/mol. The van der Waals surface area contributed by atoms with Gasteiger partial charge >= 0.3 is 0 Å². The molecule has 2 aromatic rings. The number of imidazole rings is 1. The normalized spacial score (nSPS) is 13.3. The number of nitrogens with two attached hydrogens (primary N) is 1. The van der Waals surface area contributed by atoms with E-state index < -0.39 is 5.54 Å². The van der Waals surface area contributed by atoms with Crippen molar-refractivity contribution in [3.63, 3.8) is 0 Å². The van der Waals surface area contributed by atoms with E-state index in [1.807, 2.05) is 27.7 Å². The molecule has 0 atom stereocenters. The first-order chi connectivity index (χ1) is 8.13. The third-order valence-electron chi connectivity index (χ3n) is 3.73. The van der Waals surface area contributed by atoms with Crippen molar-refractivity contribution in [2.24, 2.45) is 5.73 Å². The van der Waals surface area contributed by atoms with E-state index >= 15 is 0 Å². The average Bonchev–Trinajstić information content (AvgIpc) is 2.60. The molecule has 1 aromatic heterocycles. The summed E-state index contributed by atoms with van der Waals surface area (Å²) in [4.78, 5) is 7.68. The highest BCUT2D eigenvalue weighted by Crippen LogP contribution is 2.33. The van der Waals surface area contributed by atoms with Crippen LogP contribution in [0.2, 0.25) is 0 Å². The maximum absolute atomic E-state index is 13.5. The third-order valence-corrected chi connectivity index (χ3v) is 4.33. The monoisotopic (exact) mass is 313 g/mol. The Kier molecular flexibility index (Phi) is 3.02. The molecule has 18 heavy (non-hydrogen) atoms. The summed E-state index contributed by atoms with van der Waals surface area (Å²) in [7, 11) is 0. The van der Waals surface area contributed by atoms with Gasteiger partial charge in [-0.3, -0.25) is 0 Å². The van der Waals surface area contributed by atoms with Gasteiger partial charge in [-0.15, -0.1) is 0 Å². The quantitative estimate of drug-likeness (QED) is 0.891. The zero-order valence-corrected chi connectivity index (χ0v) is 12.5. The van der Waals surface area contributed by atoms with Gasteiger partial charge in [0, 0.05) is 17.0 Å². The van der Waals surface area contributed by atoms with Crippen LogP contribution < -0.4 is 5.73 Å². The minimum atomic E-state index is -0.434. The molecule has 2 rings (SSSR count). The maximum Gasteiger partial charge on any atom is 0.139 e. The van der Waals surface area contributed by atoms with Crippen LogP contribution in [0.5, 0.6) is 0 Å². The summed E-state index contributed by atoms with van der Waals surface area (Å²) in [5.41, 5.74) is 6.83. The van der Waals surface area contributed by atoms with Gasteiger partial charge in [0.05, 0.1) is 15.5 Å². The summed E-state index contributed by atoms with van der Waals surface area (Å²) in [6, 6.07) is 3.11. The van der Waals surface area contributed by atoms with Gasteiger partial charge in [0.25, 0.3) is 0 Å². The van der Waals surface area contributed by atoms with Gasteiger partial charge in [-0.25, -0.2) is 9.37 Å². The lowest BCUT2D eigenvalue weighted by molar-refractivity contribution is 0.293. The summed E-state index contributed by atoms with van der Waals surface area (Å²) in [5, 5.41) is 0. The number of aromatic amines is 1.